The van der Waals surface area contributed by atoms with Crippen molar-refractivity contribution in [2.45, 2.75) is 13.3 Å². The van der Waals surface area contributed by atoms with Crippen LogP contribution in [0.3, 0.4) is 0 Å². The molecule has 0 aromatic heterocycles. The Hall–Kier alpha value is -0.661. The summed E-state index contributed by atoms with van der Waals surface area (Å²) in [5.74, 6) is 0. The first-order valence-corrected chi connectivity index (χ1v) is 7.21. The van der Waals surface area contributed by atoms with E-state index in [0.717, 1.165) is 22.0 Å². The fourth-order valence-corrected chi connectivity index (χ4v) is 4.47. The summed E-state index contributed by atoms with van der Waals surface area (Å²) < 4.78 is 12.8. The van der Waals surface area contributed by atoms with Gasteiger partial charge in [-0.2, -0.15) is 0 Å². The third-order valence-electron chi connectivity index (χ3n) is 2.40. The second kappa shape index (κ2) is 3.24. The van der Waals surface area contributed by atoms with Crippen LogP contribution in [0.15, 0.2) is 18.2 Å². The second-order valence-electron chi connectivity index (χ2n) is 3.33. The van der Waals surface area contributed by atoms with Crippen LogP contribution in [0.4, 0.5) is 5.69 Å². The minimum absolute atomic E-state index is 0.739. The van der Waals surface area contributed by atoms with Crippen molar-refractivity contribution in [2.24, 2.45) is 0 Å². The molecule has 0 saturated heterocycles. The average Bonchev–Trinajstić information content (AvgIpc) is 2.42. The van der Waals surface area contributed by atoms with Gasteiger partial charge in [-0.25, -0.2) is 0 Å². The van der Waals surface area contributed by atoms with Gasteiger partial charge in [0, 0.05) is 0 Å². The van der Waals surface area contributed by atoms with Crippen LogP contribution in [0.1, 0.15) is 12.5 Å². The Labute approximate surface area is 82.6 Å². The van der Waals surface area contributed by atoms with Crippen LogP contribution in [0, 0.1) is 0 Å². The Morgan fingerprint density at radius 3 is 3.00 bits per heavy atom. The molecule has 3 heteroatoms. The number of anilines is 1. The zero-order valence-corrected chi connectivity index (χ0v) is 9.62. The van der Waals surface area contributed by atoms with Gasteiger partial charge in [0.25, 0.3) is 0 Å². The minimum atomic E-state index is -1.74. The molecule has 0 saturated carbocycles. The van der Waals surface area contributed by atoms with E-state index in [-0.39, 0.29) is 0 Å². The molecule has 70 valence electrons. The SMILES string of the molecule is CCc1ccc2c(c1)[Se](=O)CN2C. The number of aryl methyl sites for hydroxylation is 1. The second-order valence-corrected chi connectivity index (χ2v) is 6.24. The van der Waals surface area contributed by atoms with Crippen LogP contribution >= 0.6 is 0 Å². The summed E-state index contributed by atoms with van der Waals surface area (Å²) >= 11 is -1.74. The zero-order valence-electron chi connectivity index (χ0n) is 7.91. The van der Waals surface area contributed by atoms with Crippen LogP contribution in [0.5, 0.6) is 0 Å². The van der Waals surface area contributed by atoms with E-state index < -0.39 is 13.8 Å². The maximum absolute atomic E-state index is 11.7. The van der Waals surface area contributed by atoms with Gasteiger partial charge in [-0.15, -0.1) is 0 Å². The van der Waals surface area contributed by atoms with Crippen LogP contribution < -0.4 is 9.36 Å². The fraction of sp³-hybridized carbons (Fsp3) is 0.400. The van der Waals surface area contributed by atoms with Crippen molar-refractivity contribution in [3.05, 3.63) is 23.8 Å². The molecular weight excluding hydrogens is 229 g/mol. The molecule has 1 aliphatic heterocycles. The molecule has 0 N–H and O–H groups in total. The van der Waals surface area contributed by atoms with Crippen molar-refractivity contribution >= 4 is 24.0 Å². The normalized spacial score (nSPS) is 20.5. The van der Waals surface area contributed by atoms with Crippen molar-refractivity contribution in [1.29, 1.82) is 0 Å². The van der Waals surface area contributed by atoms with Gasteiger partial charge in [-0.3, -0.25) is 0 Å². The summed E-state index contributed by atoms with van der Waals surface area (Å²) in [5, 5.41) is 0. The Balaban J connectivity index is 2.52. The molecule has 1 unspecified atom stereocenters. The van der Waals surface area contributed by atoms with Crippen molar-refractivity contribution in [3.8, 4) is 0 Å². The molecule has 1 aromatic rings. The van der Waals surface area contributed by atoms with Gasteiger partial charge in [0.2, 0.25) is 0 Å². The van der Waals surface area contributed by atoms with Crippen LogP contribution in [-0.4, -0.2) is 26.3 Å². The molecule has 1 atom stereocenters. The molecule has 0 amide bonds. The van der Waals surface area contributed by atoms with Crippen molar-refractivity contribution in [2.75, 3.05) is 17.4 Å². The molecule has 1 aromatic carbocycles. The molecule has 2 rings (SSSR count). The van der Waals surface area contributed by atoms with Gasteiger partial charge in [0.15, 0.2) is 0 Å². The van der Waals surface area contributed by atoms with E-state index in [1.54, 1.807) is 0 Å². The predicted molar refractivity (Wildman–Crippen MR) is 55.2 cm³/mol. The van der Waals surface area contributed by atoms with Crippen LogP contribution in [-0.2, 0) is 10.3 Å². The molecule has 0 radical (unpaired) electrons. The third kappa shape index (κ3) is 1.43. The summed E-state index contributed by atoms with van der Waals surface area (Å²) in [7, 11) is 2.01. The van der Waals surface area contributed by atoms with Gasteiger partial charge in [-0.05, 0) is 0 Å². The van der Waals surface area contributed by atoms with Gasteiger partial charge >= 0.3 is 82.3 Å². The quantitative estimate of drug-likeness (QED) is 0.681. The molecule has 0 spiro atoms. The van der Waals surface area contributed by atoms with E-state index in [0.29, 0.717) is 0 Å². The number of fused-ring (bicyclic) bond motifs is 1. The number of rotatable bonds is 1. The van der Waals surface area contributed by atoms with Crippen molar-refractivity contribution < 1.29 is 3.83 Å². The number of nitrogens with zero attached hydrogens (tertiary/aromatic N) is 1. The molecule has 2 nitrogen and oxygen atoms in total. The fourth-order valence-electron chi connectivity index (χ4n) is 1.59. The summed E-state index contributed by atoms with van der Waals surface area (Å²) in [4.78, 5) is 2.09. The van der Waals surface area contributed by atoms with E-state index in [2.05, 4.69) is 30.0 Å². The molecule has 13 heavy (non-hydrogen) atoms. The van der Waals surface area contributed by atoms with E-state index in [1.165, 1.54) is 5.56 Å². The van der Waals surface area contributed by atoms with Crippen molar-refractivity contribution in [1.82, 2.24) is 0 Å². The first kappa shape index (κ1) is 8.92. The van der Waals surface area contributed by atoms with Gasteiger partial charge in [-0.1, -0.05) is 0 Å². The summed E-state index contributed by atoms with van der Waals surface area (Å²) in [6, 6.07) is 6.33. The van der Waals surface area contributed by atoms with E-state index in [9.17, 15) is 3.83 Å². The summed E-state index contributed by atoms with van der Waals surface area (Å²) in [5.41, 5.74) is 3.19. The topological polar surface area (TPSA) is 20.3 Å². The van der Waals surface area contributed by atoms with E-state index >= 15 is 0 Å². The third-order valence-corrected chi connectivity index (χ3v) is 5.42. The molecule has 0 fully saturated rings. The Kier molecular flexibility index (Phi) is 2.22. The van der Waals surface area contributed by atoms with Crippen molar-refractivity contribution in [3.63, 3.8) is 0 Å². The molecular formula is C10H13NOSe. The van der Waals surface area contributed by atoms with Gasteiger partial charge < -0.3 is 0 Å². The molecule has 1 heterocycles. The molecule has 0 aliphatic carbocycles. The Bertz CT molecular complexity index is 362. The van der Waals surface area contributed by atoms with Crippen LogP contribution in [0.2, 0.25) is 0 Å². The summed E-state index contributed by atoms with van der Waals surface area (Å²) in [6.07, 6.45) is 1.02. The zero-order chi connectivity index (χ0) is 9.42. The number of hydrogen-bond donors (Lipinski definition) is 0. The van der Waals surface area contributed by atoms with Crippen LogP contribution in [0.25, 0.3) is 0 Å². The standard InChI is InChI=1S/C10H13NOSe/c1-3-8-4-5-9-10(6-8)13(12)7-11(9)2/h4-6H,3,7H2,1-2H3. The molecule has 0 bridgehead atoms. The number of benzene rings is 1. The molecule has 1 aliphatic rings. The average molecular weight is 242 g/mol. The van der Waals surface area contributed by atoms with E-state index in [1.807, 2.05) is 7.05 Å². The summed E-state index contributed by atoms with van der Waals surface area (Å²) in [6.45, 7) is 2.13. The van der Waals surface area contributed by atoms with E-state index in [4.69, 9.17) is 0 Å². The van der Waals surface area contributed by atoms with Gasteiger partial charge in [0.1, 0.15) is 0 Å². The Morgan fingerprint density at radius 2 is 2.31 bits per heavy atom. The maximum atomic E-state index is 11.7. The Morgan fingerprint density at radius 1 is 1.54 bits per heavy atom. The monoisotopic (exact) mass is 243 g/mol. The first-order chi connectivity index (χ1) is 6.22. The number of hydrogen-bond acceptors (Lipinski definition) is 2. The van der Waals surface area contributed by atoms with Gasteiger partial charge in [0.05, 0.1) is 0 Å². The first-order valence-electron chi connectivity index (χ1n) is 4.45. The predicted octanol–water partition coefficient (Wildman–Crippen LogP) is 0.867.